The van der Waals surface area contributed by atoms with Gasteiger partial charge >= 0.3 is 0 Å². The lowest BCUT2D eigenvalue weighted by molar-refractivity contribution is 0.0846. The SMILES string of the molecule is CC(C)CC1CN(CC2(C)CCN(C)CC2)CCCN1. The summed E-state index contributed by atoms with van der Waals surface area (Å²) in [6, 6.07) is 0.701. The molecule has 3 heteroatoms. The highest BCUT2D eigenvalue weighted by Gasteiger charge is 2.32. The number of hydrogen-bond donors (Lipinski definition) is 1. The van der Waals surface area contributed by atoms with Gasteiger partial charge in [0.15, 0.2) is 0 Å². The van der Waals surface area contributed by atoms with E-state index in [0.717, 1.165) is 5.92 Å². The first-order valence-corrected chi connectivity index (χ1v) is 8.61. The quantitative estimate of drug-likeness (QED) is 0.854. The maximum atomic E-state index is 3.75. The van der Waals surface area contributed by atoms with Crippen LogP contribution in [0.15, 0.2) is 0 Å². The summed E-state index contributed by atoms with van der Waals surface area (Å²) in [4.78, 5) is 5.23. The third kappa shape index (κ3) is 5.01. The van der Waals surface area contributed by atoms with E-state index in [0.29, 0.717) is 11.5 Å². The second-order valence-corrected chi connectivity index (χ2v) is 7.98. The Bertz CT molecular complexity index is 282. The highest BCUT2D eigenvalue weighted by atomic mass is 15.2. The zero-order chi connectivity index (χ0) is 14.6. The van der Waals surface area contributed by atoms with Crippen LogP contribution >= 0.6 is 0 Å². The molecule has 3 nitrogen and oxygen atoms in total. The molecule has 2 aliphatic rings. The van der Waals surface area contributed by atoms with Gasteiger partial charge in [0.25, 0.3) is 0 Å². The summed E-state index contributed by atoms with van der Waals surface area (Å²) >= 11 is 0. The van der Waals surface area contributed by atoms with Crippen LogP contribution in [0.2, 0.25) is 0 Å². The third-order valence-electron chi connectivity index (χ3n) is 5.12. The predicted molar refractivity (Wildman–Crippen MR) is 87.1 cm³/mol. The van der Waals surface area contributed by atoms with Crippen molar-refractivity contribution in [3.05, 3.63) is 0 Å². The van der Waals surface area contributed by atoms with Crippen molar-refractivity contribution in [3.63, 3.8) is 0 Å². The molecule has 0 amide bonds. The Balaban J connectivity index is 1.86. The summed E-state index contributed by atoms with van der Waals surface area (Å²) in [5, 5.41) is 3.75. The maximum Gasteiger partial charge on any atom is 0.0197 e. The summed E-state index contributed by atoms with van der Waals surface area (Å²) < 4.78 is 0. The van der Waals surface area contributed by atoms with Crippen molar-refractivity contribution in [1.82, 2.24) is 15.1 Å². The van der Waals surface area contributed by atoms with Crippen LogP contribution in [0.25, 0.3) is 0 Å². The molecule has 0 aromatic rings. The van der Waals surface area contributed by atoms with E-state index in [1.807, 2.05) is 0 Å². The molecule has 2 heterocycles. The van der Waals surface area contributed by atoms with Gasteiger partial charge in [-0.1, -0.05) is 20.8 Å². The average molecular weight is 281 g/mol. The standard InChI is InChI=1S/C17H35N3/c1-15(2)12-16-13-20(9-5-8-18-16)14-17(3)6-10-19(4)11-7-17/h15-16,18H,5-14H2,1-4H3. The molecule has 0 radical (unpaired) electrons. The molecule has 118 valence electrons. The average Bonchev–Trinajstić information content (AvgIpc) is 2.58. The molecular formula is C17H35N3. The zero-order valence-corrected chi connectivity index (χ0v) is 14.1. The maximum absolute atomic E-state index is 3.75. The summed E-state index contributed by atoms with van der Waals surface area (Å²) in [6.07, 6.45) is 5.35. The molecule has 2 fully saturated rings. The highest BCUT2D eigenvalue weighted by Crippen LogP contribution is 2.31. The number of rotatable bonds is 4. The number of likely N-dealkylation sites (tertiary alicyclic amines) is 1. The van der Waals surface area contributed by atoms with E-state index in [-0.39, 0.29) is 0 Å². The Hall–Kier alpha value is -0.120. The first kappa shape index (κ1) is 16.3. The van der Waals surface area contributed by atoms with Gasteiger partial charge in [-0.15, -0.1) is 0 Å². The number of nitrogens with one attached hydrogen (secondary N) is 1. The Morgan fingerprint density at radius 3 is 2.55 bits per heavy atom. The lowest BCUT2D eigenvalue weighted by Crippen LogP contribution is -2.46. The second kappa shape index (κ2) is 7.24. The van der Waals surface area contributed by atoms with Crippen LogP contribution in [0.1, 0.15) is 46.5 Å². The van der Waals surface area contributed by atoms with Crippen LogP contribution in [-0.4, -0.2) is 62.2 Å². The van der Waals surface area contributed by atoms with Gasteiger partial charge in [0.05, 0.1) is 0 Å². The van der Waals surface area contributed by atoms with Crippen molar-refractivity contribution in [2.24, 2.45) is 11.3 Å². The Labute approximate surface area is 126 Å². The molecule has 0 bridgehead atoms. The molecule has 1 unspecified atom stereocenters. The molecule has 2 saturated heterocycles. The highest BCUT2D eigenvalue weighted by molar-refractivity contribution is 4.87. The van der Waals surface area contributed by atoms with Gasteiger partial charge in [-0.05, 0) is 70.2 Å². The van der Waals surface area contributed by atoms with Gasteiger partial charge in [0.1, 0.15) is 0 Å². The number of hydrogen-bond acceptors (Lipinski definition) is 3. The van der Waals surface area contributed by atoms with Crippen molar-refractivity contribution in [2.45, 2.75) is 52.5 Å². The largest absolute Gasteiger partial charge is 0.313 e. The topological polar surface area (TPSA) is 18.5 Å². The van der Waals surface area contributed by atoms with Gasteiger partial charge in [0, 0.05) is 19.1 Å². The minimum atomic E-state index is 0.541. The smallest absolute Gasteiger partial charge is 0.0197 e. The van der Waals surface area contributed by atoms with Crippen LogP contribution in [0, 0.1) is 11.3 Å². The fourth-order valence-electron chi connectivity index (χ4n) is 3.80. The van der Waals surface area contributed by atoms with Crippen molar-refractivity contribution >= 4 is 0 Å². The van der Waals surface area contributed by atoms with Crippen LogP contribution in [-0.2, 0) is 0 Å². The lowest BCUT2D eigenvalue weighted by Gasteiger charge is -2.41. The predicted octanol–water partition coefficient (Wildman–Crippen LogP) is 2.43. The normalized spacial score (nSPS) is 29.6. The minimum absolute atomic E-state index is 0.541. The molecule has 20 heavy (non-hydrogen) atoms. The Morgan fingerprint density at radius 2 is 1.90 bits per heavy atom. The summed E-state index contributed by atoms with van der Waals surface area (Å²) in [7, 11) is 2.26. The van der Waals surface area contributed by atoms with E-state index >= 15 is 0 Å². The molecule has 2 rings (SSSR count). The molecule has 1 N–H and O–H groups in total. The molecule has 0 aromatic carbocycles. The van der Waals surface area contributed by atoms with E-state index in [1.54, 1.807) is 0 Å². The van der Waals surface area contributed by atoms with Gasteiger partial charge in [-0.2, -0.15) is 0 Å². The van der Waals surface area contributed by atoms with E-state index in [4.69, 9.17) is 0 Å². The van der Waals surface area contributed by atoms with Crippen molar-refractivity contribution in [2.75, 3.05) is 46.3 Å². The van der Waals surface area contributed by atoms with Crippen LogP contribution in [0.3, 0.4) is 0 Å². The van der Waals surface area contributed by atoms with Gasteiger partial charge in [-0.25, -0.2) is 0 Å². The zero-order valence-electron chi connectivity index (χ0n) is 14.1. The lowest BCUT2D eigenvalue weighted by atomic mass is 9.80. The second-order valence-electron chi connectivity index (χ2n) is 7.98. The first-order valence-electron chi connectivity index (χ1n) is 8.61. The van der Waals surface area contributed by atoms with E-state index in [1.165, 1.54) is 65.0 Å². The van der Waals surface area contributed by atoms with Gasteiger partial charge in [0.2, 0.25) is 0 Å². The fraction of sp³-hybridized carbons (Fsp3) is 1.00. The van der Waals surface area contributed by atoms with Gasteiger partial charge in [-0.3, -0.25) is 0 Å². The fourth-order valence-corrected chi connectivity index (χ4v) is 3.80. The molecule has 0 saturated carbocycles. The van der Waals surface area contributed by atoms with Crippen LogP contribution in [0.5, 0.6) is 0 Å². The molecular weight excluding hydrogens is 246 g/mol. The van der Waals surface area contributed by atoms with E-state index in [2.05, 4.69) is 42.9 Å². The monoisotopic (exact) mass is 281 g/mol. The van der Waals surface area contributed by atoms with Crippen molar-refractivity contribution < 1.29 is 0 Å². The molecule has 0 aliphatic carbocycles. The Morgan fingerprint density at radius 1 is 1.20 bits per heavy atom. The van der Waals surface area contributed by atoms with Crippen LogP contribution in [0.4, 0.5) is 0 Å². The van der Waals surface area contributed by atoms with Gasteiger partial charge < -0.3 is 15.1 Å². The third-order valence-corrected chi connectivity index (χ3v) is 5.12. The first-order chi connectivity index (χ1) is 9.47. The van der Waals surface area contributed by atoms with Crippen LogP contribution < -0.4 is 5.32 Å². The number of piperidine rings is 1. The molecule has 0 spiro atoms. The number of nitrogens with zero attached hydrogens (tertiary/aromatic N) is 2. The summed E-state index contributed by atoms with van der Waals surface area (Å²) in [6.45, 7) is 14.8. The summed E-state index contributed by atoms with van der Waals surface area (Å²) in [5.74, 6) is 0.798. The molecule has 1 atom stereocenters. The Kier molecular flexibility index (Phi) is 5.88. The molecule has 2 aliphatic heterocycles. The molecule has 0 aromatic heterocycles. The van der Waals surface area contributed by atoms with Crippen molar-refractivity contribution in [1.29, 1.82) is 0 Å². The van der Waals surface area contributed by atoms with Crippen molar-refractivity contribution in [3.8, 4) is 0 Å². The van der Waals surface area contributed by atoms with E-state index < -0.39 is 0 Å². The van der Waals surface area contributed by atoms with E-state index in [9.17, 15) is 0 Å². The summed E-state index contributed by atoms with van der Waals surface area (Å²) in [5.41, 5.74) is 0.541. The minimum Gasteiger partial charge on any atom is -0.313 e.